The second kappa shape index (κ2) is 6.65. The number of rotatable bonds is 4. The minimum absolute atomic E-state index is 0.248. The Kier molecular flexibility index (Phi) is 5.15. The predicted molar refractivity (Wildman–Crippen MR) is 84.8 cm³/mol. The Bertz CT molecular complexity index is 564. The summed E-state index contributed by atoms with van der Waals surface area (Å²) in [6, 6.07) is 14.0. The van der Waals surface area contributed by atoms with Gasteiger partial charge in [-0.3, -0.25) is 0 Å². The fourth-order valence-electron chi connectivity index (χ4n) is 2.15. The molecule has 0 saturated carbocycles. The second-order valence-electron chi connectivity index (χ2n) is 4.71. The maximum Gasteiger partial charge on any atom is 0.0439 e. The highest BCUT2D eigenvalue weighted by atomic mass is 35.5. The third-order valence-corrected chi connectivity index (χ3v) is 4.15. The van der Waals surface area contributed by atoms with Crippen LogP contribution in [0.15, 0.2) is 42.5 Å². The standard InChI is InChI=1S/C16H15Cl3/c1-11-3-2-4-12(7-11)14(10-17)8-13-9-15(18)5-6-16(13)19/h2-7,9,14H,8,10H2,1H3. The van der Waals surface area contributed by atoms with Gasteiger partial charge < -0.3 is 0 Å². The Labute approximate surface area is 129 Å². The Morgan fingerprint density at radius 3 is 2.53 bits per heavy atom. The molecular formula is C16H15Cl3. The van der Waals surface area contributed by atoms with Crippen molar-refractivity contribution in [3.8, 4) is 0 Å². The Hall–Kier alpha value is -0.690. The molecule has 1 atom stereocenters. The lowest BCUT2D eigenvalue weighted by atomic mass is 9.92. The van der Waals surface area contributed by atoms with E-state index in [2.05, 4.69) is 31.2 Å². The van der Waals surface area contributed by atoms with Gasteiger partial charge in [-0.25, -0.2) is 0 Å². The molecule has 19 heavy (non-hydrogen) atoms. The minimum atomic E-state index is 0.248. The van der Waals surface area contributed by atoms with Gasteiger partial charge in [-0.1, -0.05) is 53.0 Å². The van der Waals surface area contributed by atoms with Crippen molar-refractivity contribution in [2.75, 3.05) is 5.88 Å². The molecule has 0 aliphatic carbocycles. The van der Waals surface area contributed by atoms with E-state index < -0.39 is 0 Å². The molecule has 3 heteroatoms. The van der Waals surface area contributed by atoms with E-state index in [0.29, 0.717) is 10.9 Å². The van der Waals surface area contributed by atoms with Crippen molar-refractivity contribution in [2.24, 2.45) is 0 Å². The number of hydrogen-bond donors (Lipinski definition) is 0. The van der Waals surface area contributed by atoms with E-state index in [1.165, 1.54) is 11.1 Å². The SMILES string of the molecule is Cc1cccc(C(CCl)Cc2cc(Cl)ccc2Cl)c1. The third kappa shape index (κ3) is 3.89. The molecule has 0 N–H and O–H groups in total. The summed E-state index contributed by atoms with van der Waals surface area (Å²) in [6.07, 6.45) is 0.798. The fraction of sp³-hybridized carbons (Fsp3) is 0.250. The average Bonchev–Trinajstić information content (AvgIpc) is 2.39. The van der Waals surface area contributed by atoms with Crippen LogP contribution in [-0.4, -0.2) is 5.88 Å². The van der Waals surface area contributed by atoms with E-state index in [1.807, 2.05) is 12.1 Å². The minimum Gasteiger partial charge on any atom is -0.126 e. The Morgan fingerprint density at radius 2 is 1.84 bits per heavy atom. The van der Waals surface area contributed by atoms with Gasteiger partial charge in [0.05, 0.1) is 0 Å². The first-order valence-corrected chi connectivity index (χ1v) is 7.45. The first-order valence-electron chi connectivity index (χ1n) is 6.16. The molecule has 2 rings (SSSR count). The molecule has 0 aliphatic rings. The summed E-state index contributed by atoms with van der Waals surface area (Å²) in [7, 11) is 0. The molecular weight excluding hydrogens is 299 g/mol. The molecule has 1 unspecified atom stereocenters. The fourth-order valence-corrected chi connectivity index (χ4v) is 2.83. The van der Waals surface area contributed by atoms with Crippen molar-refractivity contribution >= 4 is 34.8 Å². The molecule has 0 heterocycles. The van der Waals surface area contributed by atoms with E-state index in [0.717, 1.165) is 17.0 Å². The summed E-state index contributed by atoms with van der Waals surface area (Å²) >= 11 is 18.4. The lowest BCUT2D eigenvalue weighted by Gasteiger charge is -2.16. The summed E-state index contributed by atoms with van der Waals surface area (Å²) in [5.41, 5.74) is 3.53. The van der Waals surface area contributed by atoms with Crippen molar-refractivity contribution in [3.05, 3.63) is 69.2 Å². The topological polar surface area (TPSA) is 0 Å². The van der Waals surface area contributed by atoms with Crippen LogP contribution in [0, 0.1) is 6.92 Å². The monoisotopic (exact) mass is 312 g/mol. The molecule has 2 aromatic rings. The zero-order chi connectivity index (χ0) is 13.8. The molecule has 2 aromatic carbocycles. The molecule has 0 fully saturated rings. The first-order chi connectivity index (χ1) is 9.10. The quantitative estimate of drug-likeness (QED) is 0.619. The van der Waals surface area contributed by atoms with Crippen molar-refractivity contribution in [2.45, 2.75) is 19.3 Å². The van der Waals surface area contributed by atoms with Crippen LogP contribution >= 0.6 is 34.8 Å². The van der Waals surface area contributed by atoms with Crippen molar-refractivity contribution in [1.29, 1.82) is 0 Å². The van der Waals surface area contributed by atoms with Crippen LogP contribution in [0.1, 0.15) is 22.6 Å². The van der Waals surface area contributed by atoms with Gasteiger partial charge in [0.1, 0.15) is 0 Å². The summed E-state index contributed by atoms with van der Waals surface area (Å²) in [4.78, 5) is 0. The number of hydrogen-bond acceptors (Lipinski definition) is 0. The molecule has 0 saturated heterocycles. The van der Waals surface area contributed by atoms with E-state index in [-0.39, 0.29) is 5.92 Å². The Morgan fingerprint density at radius 1 is 1.05 bits per heavy atom. The molecule has 0 spiro atoms. The van der Waals surface area contributed by atoms with Gasteiger partial charge in [0.25, 0.3) is 0 Å². The molecule has 0 nitrogen and oxygen atoms in total. The molecule has 100 valence electrons. The second-order valence-corrected chi connectivity index (χ2v) is 5.86. The largest absolute Gasteiger partial charge is 0.126 e. The van der Waals surface area contributed by atoms with Crippen LogP contribution in [0.3, 0.4) is 0 Å². The molecule has 0 aliphatic heterocycles. The molecule has 0 aromatic heterocycles. The van der Waals surface area contributed by atoms with E-state index in [9.17, 15) is 0 Å². The highest BCUT2D eigenvalue weighted by Gasteiger charge is 2.13. The molecule has 0 amide bonds. The van der Waals surface area contributed by atoms with E-state index >= 15 is 0 Å². The van der Waals surface area contributed by atoms with Crippen molar-refractivity contribution < 1.29 is 0 Å². The highest BCUT2D eigenvalue weighted by molar-refractivity contribution is 6.33. The number of benzene rings is 2. The lowest BCUT2D eigenvalue weighted by Crippen LogP contribution is -2.05. The lowest BCUT2D eigenvalue weighted by molar-refractivity contribution is 0.765. The summed E-state index contributed by atoms with van der Waals surface area (Å²) in [5, 5.41) is 1.45. The van der Waals surface area contributed by atoms with Gasteiger partial charge >= 0.3 is 0 Å². The number of aryl methyl sites for hydroxylation is 1. The van der Waals surface area contributed by atoms with Crippen LogP contribution < -0.4 is 0 Å². The van der Waals surface area contributed by atoms with Gasteiger partial charge in [0.2, 0.25) is 0 Å². The van der Waals surface area contributed by atoms with Gasteiger partial charge in [0.15, 0.2) is 0 Å². The third-order valence-electron chi connectivity index (χ3n) is 3.17. The van der Waals surface area contributed by atoms with Crippen LogP contribution in [0.4, 0.5) is 0 Å². The van der Waals surface area contributed by atoms with Gasteiger partial charge in [-0.05, 0) is 42.7 Å². The number of halogens is 3. The molecule has 0 bridgehead atoms. The normalized spacial score (nSPS) is 12.4. The molecule has 0 radical (unpaired) electrons. The van der Waals surface area contributed by atoms with E-state index in [4.69, 9.17) is 34.8 Å². The van der Waals surface area contributed by atoms with E-state index in [1.54, 1.807) is 6.07 Å². The van der Waals surface area contributed by atoms with Crippen LogP contribution in [0.2, 0.25) is 10.0 Å². The zero-order valence-corrected chi connectivity index (χ0v) is 12.9. The highest BCUT2D eigenvalue weighted by Crippen LogP contribution is 2.28. The summed E-state index contributed by atoms with van der Waals surface area (Å²) < 4.78 is 0. The van der Waals surface area contributed by atoms with Gasteiger partial charge in [0, 0.05) is 21.8 Å². The average molecular weight is 314 g/mol. The van der Waals surface area contributed by atoms with Gasteiger partial charge in [-0.2, -0.15) is 0 Å². The smallest absolute Gasteiger partial charge is 0.0439 e. The first kappa shape index (κ1) is 14.7. The van der Waals surface area contributed by atoms with Crippen molar-refractivity contribution in [1.82, 2.24) is 0 Å². The maximum atomic E-state index is 6.21. The maximum absolute atomic E-state index is 6.21. The predicted octanol–water partition coefficient (Wildman–Crippen LogP) is 5.87. The van der Waals surface area contributed by atoms with Crippen LogP contribution in [0.25, 0.3) is 0 Å². The Balaban J connectivity index is 2.26. The van der Waals surface area contributed by atoms with Crippen molar-refractivity contribution in [3.63, 3.8) is 0 Å². The zero-order valence-electron chi connectivity index (χ0n) is 10.7. The van der Waals surface area contributed by atoms with Crippen LogP contribution in [0.5, 0.6) is 0 Å². The number of alkyl halides is 1. The summed E-state index contributed by atoms with van der Waals surface area (Å²) in [6.45, 7) is 2.08. The van der Waals surface area contributed by atoms with Gasteiger partial charge in [-0.15, -0.1) is 11.6 Å². The van der Waals surface area contributed by atoms with Crippen LogP contribution in [-0.2, 0) is 6.42 Å². The summed E-state index contributed by atoms with van der Waals surface area (Å²) in [5.74, 6) is 0.810.